The molecule has 1 unspecified atom stereocenters. The predicted octanol–water partition coefficient (Wildman–Crippen LogP) is 3.47. The van der Waals surface area contributed by atoms with E-state index in [0.29, 0.717) is 23.4 Å². The maximum Gasteiger partial charge on any atom is 0.124 e. The third-order valence-electron chi connectivity index (χ3n) is 4.02. The van der Waals surface area contributed by atoms with E-state index in [0.717, 1.165) is 25.7 Å². The van der Waals surface area contributed by atoms with Gasteiger partial charge in [-0.15, -0.1) is 0 Å². The van der Waals surface area contributed by atoms with Crippen LogP contribution in [0.3, 0.4) is 0 Å². The van der Waals surface area contributed by atoms with Gasteiger partial charge in [-0.05, 0) is 30.5 Å². The number of hydrogen-bond acceptors (Lipinski definition) is 2. The van der Waals surface area contributed by atoms with Crippen LogP contribution >= 0.6 is 11.6 Å². The van der Waals surface area contributed by atoms with Gasteiger partial charge in [-0.1, -0.05) is 43.4 Å². The van der Waals surface area contributed by atoms with Gasteiger partial charge >= 0.3 is 0 Å². The lowest BCUT2D eigenvalue weighted by atomic mass is 9.85. The Labute approximate surface area is 118 Å². The lowest BCUT2D eigenvalue weighted by Crippen LogP contribution is -2.43. The number of halogens is 2. The van der Waals surface area contributed by atoms with Gasteiger partial charge in [-0.2, -0.15) is 0 Å². The van der Waals surface area contributed by atoms with Gasteiger partial charge in [0.05, 0.1) is 11.7 Å². The van der Waals surface area contributed by atoms with Crippen molar-refractivity contribution >= 4 is 11.6 Å². The van der Waals surface area contributed by atoms with E-state index in [4.69, 9.17) is 11.6 Å². The van der Waals surface area contributed by atoms with Gasteiger partial charge in [0.1, 0.15) is 5.82 Å². The summed E-state index contributed by atoms with van der Waals surface area (Å²) < 4.78 is 13.0. The van der Waals surface area contributed by atoms with Crippen LogP contribution in [0.25, 0.3) is 0 Å². The summed E-state index contributed by atoms with van der Waals surface area (Å²) in [6, 6.07) is 4.13. The molecule has 0 spiro atoms. The van der Waals surface area contributed by atoms with Gasteiger partial charge in [0.15, 0.2) is 0 Å². The molecule has 1 aliphatic carbocycles. The number of benzene rings is 1. The normalized spacial score (nSPS) is 20.8. The number of hydrogen-bond donors (Lipinski definition) is 2. The molecule has 2 nitrogen and oxygen atoms in total. The van der Waals surface area contributed by atoms with Crippen molar-refractivity contribution < 1.29 is 14.6 Å². The van der Waals surface area contributed by atoms with Crippen molar-refractivity contribution in [3.63, 3.8) is 0 Å². The van der Waals surface area contributed by atoms with Gasteiger partial charge in [-0.25, -0.2) is 4.39 Å². The van der Waals surface area contributed by atoms with E-state index >= 15 is 0 Å². The molecule has 0 aliphatic heterocycles. The number of aliphatic hydroxyl groups excluding tert-OH is 1. The molecule has 4 heteroatoms. The van der Waals surface area contributed by atoms with E-state index in [-0.39, 0.29) is 6.42 Å². The second-order valence-electron chi connectivity index (χ2n) is 5.47. The van der Waals surface area contributed by atoms with E-state index in [1.54, 1.807) is 6.07 Å². The van der Waals surface area contributed by atoms with Gasteiger partial charge in [0.2, 0.25) is 0 Å². The Morgan fingerprint density at radius 3 is 2.42 bits per heavy atom. The van der Waals surface area contributed by atoms with Crippen molar-refractivity contribution in [2.75, 3.05) is 0 Å². The highest BCUT2D eigenvalue weighted by Crippen LogP contribution is 2.32. The van der Waals surface area contributed by atoms with Crippen LogP contribution in [0.2, 0.25) is 5.02 Å². The van der Waals surface area contributed by atoms with Crippen LogP contribution in [0.4, 0.5) is 4.39 Å². The molecule has 0 saturated heterocycles. The Kier molecular flexibility index (Phi) is 4.82. The minimum Gasteiger partial charge on any atom is -0.390 e. The van der Waals surface area contributed by atoms with Crippen LogP contribution < -0.4 is 0 Å². The standard InChI is InChI=1S/C15H20ClFO2/c16-13-10-12(17)6-5-11(13)9-14(18)15(19)7-3-1-2-4-8-15/h5-6,10,14,18-19H,1-4,7-9H2. The van der Waals surface area contributed by atoms with Gasteiger partial charge in [0.25, 0.3) is 0 Å². The molecule has 1 atom stereocenters. The second-order valence-corrected chi connectivity index (χ2v) is 5.88. The van der Waals surface area contributed by atoms with Gasteiger partial charge in [0, 0.05) is 11.4 Å². The Hall–Kier alpha value is -0.640. The molecule has 19 heavy (non-hydrogen) atoms. The van der Waals surface area contributed by atoms with Crippen LogP contribution in [0, 0.1) is 5.82 Å². The fourth-order valence-electron chi connectivity index (χ4n) is 2.76. The first-order valence-electron chi connectivity index (χ1n) is 6.86. The molecule has 1 aromatic carbocycles. The quantitative estimate of drug-likeness (QED) is 0.836. The minimum atomic E-state index is -1.03. The van der Waals surface area contributed by atoms with Crippen molar-refractivity contribution in [2.24, 2.45) is 0 Å². The molecule has 0 bridgehead atoms. The Morgan fingerprint density at radius 1 is 1.21 bits per heavy atom. The van der Waals surface area contributed by atoms with Crippen LogP contribution in [0.15, 0.2) is 18.2 Å². The fraction of sp³-hybridized carbons (Fsp3) is 0.600. The lowest BCUT2D eigenvalue weighted by molar-refractivity contribution is -0.0836. The zero-order valence-corrected chi connectivity index (χ0v) is 11.7. The Bertz CT molecular complexity index is 428. The summed E-state index contributed by atoms with van der Waals surface area (Å²) in [6.07, 6.45) is 4.72. The molecule has 0 radical (unpaired) electrons. The highest BCUT2D eigenvalue weighted by molar-refractivity contribution is 6.31. The zero-order valence-electron chi connectivity index (χ0n) is 10.9. The number of aliphatic hydroxyl groups is 2. The molecular weight excluding hydrogens is 267 g/mol. The van der Waals surface area contributed by atoms with E-state index in [9.17, 15) is 14.6 Å². The maximum atomic E-state index is 13.0. The summed E-state index contributed by atoms with van der Waals surface area (Å²) in [6.45, 7) is 0. The predicted molar refractivity (Wildman–Crippen MR) is 73.8 cm³/mol. The smallest absolute Gasteiger partial charge is 0.124 e. The minimum absolute atomic E-state index is 0.260. The molecule has 2 N–H and O–H groups in total. The lowest BCUT2D eigenvalue weighted by Gasteiger charge is -2.32. The largest absolute Gasteiger partial charge is 0.390 e. The molecule has 0 heterocycles. The first kappa shape index (κ1) is 14.8. The zero-order chi connectivity index (χ0) is 13.9. The van der Waals surface area contributed by atoms with Crippen molar-refractivity contribution in [3.8, 4) is 0 Å². The highest BCUT2D eigenvalue weighted by atomic mass is 35.5. The van der Waals surface area contributed by atoms with Crippen molar-refractivity contribution in [1.29, 1.82) is 0 Å². The molecule has 1 aromatic rings. The Morgan fingerprint density at radius 2 is 1.84 bits per heavy atom. The average molecular weight is 287 g/mol. The topological polar surface area (TPSA) is 40.5 Å². The summed E-state index contributed by atoms with van der Waals surface area (Å²) in [7, 11) is 0. The molecule has 1 aliphatic rings. The average Bonchev–Trinajstić information content (AvgIpc) is 2.58. The summed E-state index contributed by atoms with van der Waals surface area (Å²) in [5, 5.41) is 21.2. The molecular formula is C15H20ClFO2. The SMILES string of the molecule is OC(Cc1ccc(F)cc1Cl)C1(O)CCCCCC1. The van der Waals surface area contributed by atoms with E-state index < -0.39 is 17.5 Å². The van der Waals surface area contributed by atoms with E-state index in [1.165, 1.54) is 12.1 Å². The van der Waals surface area contributed by atoms with Gasteiger partial charge in [-0.3, -0.25) is 0 Å². The fourth-order valence-corrected chi connectivity index (χ4v) is 3.00. The van der Waals surface area contributed by atoms with Crippen molar-refractivity contribution in [1.82, 2.24) is 0 Å². The van der Waals surface area contributed by atoms with Crippen molar-refractivity contribution in [3.05, 3.63) is 34.6 Å². The third-order valence-corrected chi connectivity index (χ3v) is 4.37. The number of rotatable bonds is 3. The summed E-state index contributed by atoms with van der Waals surface area (Å²) >= 11 is 5.96. The van der Waals surface area contributed by atoms with Gasteiger partial charge < -0.3 is 10.2 Å². The summed E-state index contributed by atoms with van der Waals surface area (Å²) in [5.41, 5.74) is -0.359. The first-order chi connectivity index (χ1) is 9.01. The van der Waals surface area contributed by atoms with E-state index in [2.05, 4.69) is 0 Å². The van der Waals surface area contributed by atoms with Crippen LogP contribution in [0.5, 0.6) is 0 Å². The molecule has 1 saturated carbocycles. The third kappa shape index (κ3) is 3.68. The molecule has 2 rings (SSSR count). The monoisotopic (exact) mass is 286 g/mol. The van der Waals surface area contributed by atoms with E-state index in [1.807, 2.05) is 0 Å². The highest BCUT2D eigenvalue weighted by Gasteiger charge is 2.35. The van der Waals surface area contributed by atoms with Crippen molar-refractivity contribution in [2.45, 2.75) is 56.7 Å². The molecule has 1 fully saturated rings. The summed E-state index contributed by atoms with van der Waals surface area (Å²) in [4.78, 5) is 0. The summed E-state index contributed by atoms with van der Waals surface area (Å²) in [5.74, 6) is -0.392. The van der Waals surface area contributed by atoms with Crippen LogP contribution in [-0.2, 0) is 6.42 Å². The molecule has 0 amide bonds. The second kappa shape index (κ2) is 6.21. The van der Waals surface area contributed by atoms with Crippen LogP contribution in [0.1, 0.15) is 44.1 Å². The molecule has 106 valence electrons. The molecule has 0 aromatic heterocycles. The first-order valence-corrected chi connectivity index (χ1v) is 7.23. The maximum absolute atomic E-state index is 13.0. The Balaban J connectivity index is 2.08. The van der Waals surface area contributed by atoms with Crippen LogP contribution in [-0.4, -0.2) is 21.9 Å².